The van der Waals surface area contributed by atoms with Crippen molar-refractivity contribution in [2.24, 2.45) is 0 Å². The highest BCUT2D eigenvalue weighted by Gasteiger charge is 2.18. The third-order valence-corrected chi connectivity index (χ3v) is 3.58. The molecule has 1 N–H and O–H groups in total. The van der Waals surface area contributed by atoms with E-state index in [9.17, 15) is 14.9 Å². The maximum Gasteiger partial charge on any atom is 0.270 e. The number of nitrogens with one attached hydrogen (secondary N) is 1. The molecule has 0 spiro atoms. The van der Waals surface area contributed by atoms with E-state index >= 15 is 0 Å². The second kappa shape index (κ2) is 7.40. The maximum atomic E-state index is 12.3. The lowest BCUT2D eigenvalue weighted by Gasteiger charge is -2.14. The summed E-state index contributed by atoms with van der Waals surface area (Å²) >= 11 is 0. The lowest BCUT2D eigenvalue weighted by Crippen LogP contribution is -2.28. The van der Waals surface area contributed by atoms with Crippen molar-refractivity contribution < 1.29 is 14.5 Å². The van der Waals surface area contributed by atoms with Gasteiger partial charge in [0, 0.05) is 18.7 Å². The van der Waals surface area contributed by atoms with Gasteiger partial charge in [-0.3, -0.25) is 14.9 Å². The minimum atomic E-state index is -0.539. The molecule has 0 aliphatic heterocycles. The van der Waals surface area contributed by atoms with Crippen LogP contribution in [0, 0.1) is 10.1 Å². The number of carbonyl (C=O) groups is 1. The molecule has 0 fully saturated rings. The van der Waals surface area contributed by atoms with Crippen molar-refractivity contribution in [1.82, 2.24) is 5.32 Å². The van der Waals surface area contributed by atoms with Gasteiger partial charge >= 0.3 is 0 Å². The van der Waals surface area contributed by atoms with E-state index in [2.05, 4.69) is 5.32 Å². The van der Waals surface area contributed by atoms with Gasteiger partial charge in [-0.1, -0.05) is 37.3 Å². The Bertz CT molecular complexity index is 701. The summed E-state index contributed by atoms with van der Waals surface area (Å²) in [5.41, 5.74) is 1.12. The summed E-state index contributed by atoms with van der Waals surface area (Å²) in [6, 6.07) is 13.8. The van der Waals surface area contributed by atoms with Gasteiger partial charge in [-0.15, -0.1) is 0 Å². The third-order valence-electron chi connectivity index (χ3n) is 3.58. The summed E-state index contributed by atoms with van der Waals surface area (Å²) in [6.45, 7) is 2.43. The lowest BCUT2D eigenvalue weighted by atomic mass is 10.0. The second-order valence-corrected chi connectivity index (χ2v) is 5.16. The number of rotatable bonds is 6. The summed E-state index contributed by atoms with van der Waals surface area (Å²) in [4.78, 5) is 22.6. The summed E-state index contributed by atoms with van der Waals surface area (Å²) in [7, 11) is 1.42. The Kier molecular flexibility index (Phi) is 5.30. The first-order valence-corrected chi connectivity index (χ1v) is 7.18. The summed E-state index contributed by atoms with van der Waals surface area (Å²) in [5.74, 6) is 0.0404. The smallest absolute Gasteiger partial charge is 0.270 e. The van der Waals surface area contributed by atoms with E-state index in [1.807, 2.05) is 37.3 Å². The molecule has 0 unspecified atom stereocenters. The van der Waals surface area contributed by atoms with E-state index in [1.54, 1.807) is 0 Å². The third kappa shape index (κ3) is 4.06. The first-order chi connectivity index (χ1) is 11.0. The molecule has 2 aromatic rings. The van der Waals surface area contributed by atoms with Crippen LogP contribution in [0.25, 0.3) is 0 Å². The number of nitro groups is 1. The lowest BCUT2D eigenvalue weighted by molar-refractivity contribution is -0.384. The van der Waals surface area contributed by atoms with Gasteiger partial charge in [-0.2, -0.15) is 0 Å². The van der Waals surface area contributed by atoms with E-state index < -0.39 is 10.8 Å². The standard InChI is InChI=1S/C17H18N2O4/c1-12(13-6-4-3-5-7-13)11-18-17(20)15-10-14(19(21)22)8-9-16(15)23-2/h3-10,12H,11H2,1-2H3,(H,18,20)/t12-/m1/s1. The van der Waals surface area contributed by atoms with Crippen molar-refractivity contribution >= 4 is 11.6 Å². The second-order valence-electron chi connectivity index (χ2n) is 5.16. The Morgan fingerprint density at radius 1 is 1.26 bits per heavy atom. The Morgan fingerprint density at radius 2 is 1.96 bits per heavy atom. The maximum absolute atomic E-state index is 12.3. The van der Waals surface area contributed by atoms with Crippen molar-refractivity contribution in [3.8, 4) is 5.75 Å². The van der Waals surface area contributed by atoms with Crippen LogP contribution in [0.3, 0.4) is 0 Å². The van der Waals surface area contributed by atoms with Crippen LogP contribution < -0.4 is 10.1 Å². The molecule has 0 aromatic heterocycles. The normalized spacial score (nSPS) is 11.6. The van der Waals surface area contributed by atoms with Crippen molar-refractivity contribution in [2.75, 3.05) is 13.7 Å². The molecule has 6 heteroatoms. The van der Waals surface area contributed by atoms with Crippen molar-refractivity contribution in [2.45, 2.75) is 12.8 Å². The highest BCUT2D eigenvalue weighted by atomic mass is 16.6. The van der Waals surface area contributed by atoms with Gasteiger partial charge in [0.25, 0.3) is 11.6 Å². The zero-order valence-electron chi connectivity index (χ0n) is 13.0. The zero-order valence-corrected chi connectivity index (χ0v) is 13.0. The van der Waals surface area contributed by atoms with Crippen LogP contribution in [0.1, 0.15) is 28.8 Å². The van der Waals surface area contributed by atoms with Gasteiger partial charge in [0.05, 0.1) is 17.6 Å². The summed E-state index contributed by atoms with van der Waals surface area (Å²) in [6.07, 6.45) is 0. The molecule has 0 saturated carbocycles. The van der Waals surface area contributed by atoms with Crippen LogP contribution in [-0.2, 0) is 0 Å². The van der Waals surface area contributed by atoms with Crippen molar-refractivity contribution in [3.63, 3.8) is 0 Å². The Hall–Kier alpha value is -2.89. The van der Waals surface area contributed by atoms with Crippen LogP contribution >= 0.6 is 0 Å². The fraction of sp³-hybridized carbons (Fsp3) is 0.235. The van der Waals surface area contributed by atoms with Crippen LogP contribution in [-0.4, -0.2) is 24.5 Å². The molecule has 1 atom stereocenters. The molecule has 1 amide bonds. The minimum Gasteiger partial charge on any atom is -0.496 e. The topological polar surface area (TPSA) is 81.5 Å². The number of hydrogen-bond donors (Lipinski definition) is 1. The zero-order chi connectivity index (χ0) is 16.8. The molecule has 2 rings (SSSR count). The van der Waals surface area contributed by atoms with Crippen LogP contribution in [0.15, 0.2) is 48.5 Å². The van der Waals surface area contributed by atoms with Crippen molar-refractivity contribution in [3.05, 3.63) is 69.8 Å². The SMILES string of the molecule is COc1ccc([N+](=O)[O-])cc1C(=O)NC[C@@H](C)c1ccccc1. The average molecular weight is 314 g/mol. The molecule has 0 radical (unpaired) electrons. The number of non-ortho nitro benzene ring substituents is 1. The fourth-order valence-corrected chi connectivity index (χ4v) is 2.23. The van der Waals surface area contributed by atoms with E-state index in [1.165, 1.54) is 25.3 Å². The number of carbonyl (C=O) groups excluding carboxylic acids is 1. The molecule has 2 aromatic carbocycles. The molecule has 0 heterocycles. The van der Waals surface area contributed by atoms with Gasteiger partial charge in [-0.05, 0) is 17.5 Å². The van der Waals surface area contributed by atoms with E-state index in [4.69, 9.17) is 4.74 Å². The Labute approximate surface area is 134 Å². The van der Waals surface area contributed by atoms with Crippen molar-refractivity contribution in [1.29, 1.82) is 0 Å². The number of nitrogens with zero attached hydrogens (tertiary/aromatic N) is 1. The first kappa shape index (κ1) is 16.5. The van der Waals surface area contributed by atoms with Gasteiger partial charge in [0.1, 0.15) is 5.75 Å². The molecule has 23 heavy (non-hydrogen) atoms. The van der Waals surface area contributed by atoms with E-state index in [-0.39, 0.29) is 17.2 Å². The largest absolute Gasteiger partial charge is 0.496 e. The number of ether oxygens (including phenoxy) is 1. The predicted molar refractivity (Wildman–Crippen MR) is 86.8 cm³/mol. The Balaban J connectivity index is 2.11. The molecule has 0 bridgehead atoms. The van der Waals surface area contributed by atoms with Gasteiger partial charge in [0.15, 0.2) is 0 Å². The van der Waals surface area contributed by atoms with Gasteiger partial charge < -0.3 is 10.1 Å². The predicted octanol–water partition coefficient (Wildman–Crippen LogP) is 3.14. The molecular formula is C17H18N2O4. The number of methoxy groups -OCH3 is 1. The average Bonchev–Trinajstić information content (AvgIpc) is 2.59. The number of amides is 1. The molecule has 0 aliphatic rings. The molecule has 6 nitrogen and oxygen atoms in total. The number of benzene rings is 2. The highest BCUT2D eigenvalue weighted by Crippen LogP contribution is 2.24. The molecule has 120 valence electrons. The number of hydrogen-bond acceptors (Lipinski definition) is 4. The van der Waals surface area contributed by atoms with E-state index in [0.29, 0.717) is 12.3 Å². The monoisotopic (exact) mass is 314 g/mol. The quantitative estimate of drug-likeness (QED) is 0.656. The van der Waals surface area contributed by atoms with Crippen LogP contribution in [0.5, 0.6) is 5.75 Å². The molecule has 0 saturated heterocycles. The Morgan fingerprint density at radius 3 is 2.57 bits per heavy atom. The van der Waals surface area contributed by atoms with Gasteiger partial charge in [0.2, 0.25) is 0 Å². The first-order valence-electron chi connectivity index (χ1n) is 7.18. The highest BCUT2D eigenvalue weighted by molar-refractivity contribution is 5.97. The van der Waals surface area contributed by atoms with Gasteiger partial charge in [-0.25, -0.2) is 0 Å². The van der Waals surface area contributed by atoms with Crippen LogP contribution in [0.2, 0.25) is 0 Å². The van der Waals surface area contributed by atoms with Crippen LogP contribution in [0.4, 0.5) is 5.69 Å². The van der Waals surface area contributed by atoms with E-state index in [0.717, 1.165) is 5.56 Å². The molecule has 0 aliphatic carbocycles. The molecular weight excluding hydrogens is 296 g/mol. The summed E-state index contributed by atoms with van der Waals surface area (Å²) < 4.78 is 5.11. The minimum absolute atomic E-state index is 0.129. The fourth-order valence-electron chi connectivity index (χ4n) is 2.23. The number of nitro benzene ring substituents is 1. The summed E-state index contributed by atoms with van der Waals surface area (Å²) in [5, 5.41) is 13.7.